The van der Waals surface area contributed by atoms with Crippen LogP contribution in [0.2, 0.25) is 5.02 Å². The number of aryl methyl sites for hydroxylation is 1. The fourth-order valence-electron chi connectivity index (χ4n) is 2.90. The maximum atomic E-state index is 13.4. The fraction of sp³-hybridized carbons (Fsp3) is 0.0952. The molecule has 5 nitrogen and oxygen atoms in total. The highest BCUT2D eigenvalue weighted by Gasteiger charge is 2.15. The number of imidazole rings is 1. The van der Waals surface area contributed by atoms with Gasteiger partial charge in [-0.3, -0.25) is 0 Å². The molecule has 0 radical (unpaired) electrons. The van der Waals surface area contributed by atoms with E-state index in [1.165, 1.54) is 12.1 Å². The molecule has 0 aliphatic heterocycles. The summed E-state index contributed by atoms with van der Waals surface area (Å²) in [6.45, 7) is 0.415. The molecule has 0 unspecified atom stereocenters. The van der Waals surface area contributed by atoms with Gasteiger partial charge in [0.25, 0.3) is 0 Å². The largest absolute Gasteiger partial charge is 0.350 e. The zero-order chi connectivity index (χ0) is 19.5. The molecule has 0 saturated heterocycles. The van der Waals surface area contributed by atoms with Gasteiger partial charge < -0.3 is 9.88 Å². The number of hydrogen-bond acceptors (Lipinski definition) is 4. The first-order valence-corrected chi connectivity index (χ1v) is 9.07. The van der Waals surface area contributed by atoms with Crippen LogP contribution in [-0.2, 0) is 13.6 Å². The summed E-state index contributed by atoms with van der Waals surface area (Å²) in [5.74, 6) is 0.896. The minimum Gasteiger partial charge on any atom is -0.350 e. The van der Waals surface area contributed by atoms with Crippen LogP contribution in [0, 0.1) is 5.82 Å². The number of halogens is 2. The number of aromatic nitrogens is 4. The molecule has 0 saturated carbocycles. The molecule has 28 heavy (non-hydrogen) atoms. The molecule has 1 N–H and O–H groups in total. The van der Waals surface area contributed by atoms with E-state index in [2.05, 4.69) is 20.3 Å². The van der Waals surface area contributed by atoms with Gasteiger partial charge in [0.1, 0.15) is 11.5 Å². The van der Waals surface area contributed by atoms with Crippen molar-refractivity contribution in [2.24, 2.45) is 7.05 Å². The lowest BCUT2D eigenvalue weighted by molar-refractivity contribution is 0.626. The highest BCUT2D eigenvalue weighted by atomic mass is 35.5. The Hall–Kier alpha value is -3.25. The molecule has 140 valence electrons. The molecule has 0 aliphatic carbocycles. The number of hydrogen-bond donors (Lipinski definition) is 1. The van der Waals surface area contributed by atoms with Gasteiger partial charge in [0.05, 0.1) is 0 Å². The summed E-state index contributed by atoms with van der Waals surface area (Å²) in [5, 5.41) is 3.81. The van der Waals surface area contributed by atoms with Crippen LogP contribution >= 0.6 is 11.6 Å². The Balaban J connectivity index is 1.70. The molecular weight excluding hydrogens is 377 g/mol. The van der Waals surface area contributed by atoms with Gasteiger partial charge in [-0.25, -0.2) is 19.3 Å². The molecule has 0 aliphatic rings. The van der Waals surface area contributed by atoms with Crippen LogP contribution in [0.25, 0.3) is 22.6 Å². The average Bonchev–Trinajstić information content (AvgIpc) is 3.13. The lowest BCUT2D eigenvalue weighted by atomic mass is 10.1. The quantitative estimate of drug-likeness (QED) is 0.521. The third-order valence-electron chi connectivity index (χ3n) is 4.32. The molecular formula is C21H17ClFN5. The molecule has 4 rings (SSSR count). The first kappa shape index (κ1) is 18.1. The Morgan fingerprint density at radius 1 is 1.11 bits per heavy atom. The number of rotatable bonds is 5. The molecule has 4 aromatic rings. The monoisotopic (exact) mass is 393 g/mol. The fourth-order valence-corrected chi connectivity index (χ4v) is 3.03. The average molecular weight is 394 g/mol. The second kappa shape index (κ2) is 7.78. The Labute approximate surface area is 166 Å². The second-order valence-corrected chi connectivity index (χ2v) is 6.74. The van der Waals surface area contributed by atoms with E-state index < -0.39 is 0 Å². The summed E-state index contributed by atoms with van der Waals surface area (Å²) >= 11 is 6.02. The first-order chi connectivity index (χ1) is 13.6. The second-order valence-electron chi connectivity index (χ2n) is 6.31. The van der Waals surface area contributed by atoms with E-state index in [4.69, 9.17) is 11.6 Å². The van der Waals surface area contributed by atoms with Crippen LogP contribution in [0.4, 0.5) is 10.3 Å². The van der Waals surface area contributed by atoms with Gasteiger partial charge >= 0.3 is 0 Å². The minimum atomic E-state index is -0.271. The van der Waals surface area contributed by atoms with Gasteiger partial charge in [-0.2, -0.15) is 0 Å². The zero-order valence-corrected chi connectivity index (χ0v) is 15.9. The molecule has 2 aromatic heterocycles. The molecule has 0 amide bonds. The molecule has 2 heterocycles. The van der Waals surface area contributed by atoms with Crippen molar-refractivity contribution in [1.29, 1.82) is 0 Å². The van der Waals surface area contributed by atoms with Crippen molar-refractivity contribution >= 4 is 17.5 Å². The standard InChI is InChI=1S/C21H17ClFN5/c1-28-10-9-24-20(28)19-18(15-5-7-16(22)8-6-15)13-26-21(27-19)25-12-14-3-2-4-17(23)11-14/h2-11,13H,12H2,1H3,(H,25,26,27). The minimum absolute atomic E-state index is 0.271. The third kappa shape index (κ3) is 3.87. The first-order valence-electron chi connectivity index (χ1n) is 8.69. The van der Waals surface area contributed by atoms with E-state index in [0.717, 1.165) is 22.5 Å². The predicted octanol–water partition coefficient (Wildman–Crippen LogP) is 4.95. The van der Waals surface area contributed by atoms with Crippen molar-refractivity contribution in [3.8, 4) is 22.6 Å². The molecule has 0 atom stereocenters. The van der Waals surface area contributed by atoms with E-state index in [1.54, 1.807) is 18.5 Å². The maximum Gasteiger partial charge on any atom is 0.223 e. The van der Waals surface area contributed by atoms with Crippen molar-refractivity contribution in [1.82, 2.24) is 19.5 Å². The van der Waals surface area contributed by atoms with Crippen LogP contribution in [0.5, 0.6) is 0 Å². The van der Waals surface area contributed by atoms with Gasteiger partial charge in [-0.05, 0) is 35.4 Å². The number of nitrogens with zero attached hydrogens (tertiary/aromatic N) is 4. The van der Waals surface area contributed by atoms with Crippen LogP contribution in [0.1, 0.15) is 5.56 Å². The van der Waals surface area contributed by atoms with Crippen molar-refractivity contribution in [2.45, 2.75) is 6.54 Å². The SMILES string of the molecule is Cn1ccnc1-c1nc(NCc2cccc(F)c2)ncc1-c1ccc(Cl)cc1. The maximum absolute atomic E-state index is 13.4. The number of anilines is 1. The van der Waals surface area contributed by atoms with E-state index >= 15 is 0 Å². The molecule has 7 heteroatoms. The summed E-state index contributed by atoms with van der Waals surface area (Å²) < 4.78 is 15.3. The Kier molecular flexibility index (Phi) is 5.04. The van der Waals surface area contributed by atoms with Crippen molar-refractivity contribution < 1.29 is 4.39 Å². The van der Waals surface area contributed by atoms with Crippen LogP contribution in [-0.4, -0.2) is 19.5 Å². The zero-order valence-electron chi connectivity index (χ0n) is 15.1. The summed E-state index contributed by atoms with van der Waals surface area (Å²) in [7, 11) is 1.91. The van der Waals surface area contributed by atoms with E-state index in [0.29, 0.717) is 23.2 Å². The lowest BCUT2D eigenvalue weighted by Crippen LogP contribution is -2.06. The Morgan fingerprint density at radius 3 is 2.64 bits per heavy atom. The molecule has 0 bridgehead atoms. The van der Waals surface area contributed by atoms with Crippen LogP contribution < -0.4 is 5.32 Å². The van der Waals surface area contributed by atoms with Crippen molar-refractivity contribution in [2.75, 3.05) is 5.32 Å². The van der Waals surface area contributed by atoms with Gasteiger partial charge in [-0.15, -0.1) is 0 Å². The van der Waals surface area contributed by atoms with Gasteiger partial charge in [0, 0.05) is 42.8 Å². The predicted molar refractivity (Wildman–Crippen MR) is 108 cm³/mol. The van der Waals surface area contributed by atoms with E-state index in [9.17, 15) is 4.39 Å². The topological polar surface area (TPSA) is 55.6 Å². The van der Waals surface area contributed by atoms with Crippen LogP contribution in [0.3, 0.4) is 0 Å². The molecule has 0 spiro atoms. The van der Waals surface area contributed by atoms with Gasteiger partial charge in [0.15, 0.2) is 5.82 Å². The van der Waals surface area contributed by atoms with Crippen molar-refractivity contribution in [3.05, 3.63) is 83.5 Å². The summed E-state index contributed by atoms with van der Waals surface area (Å²) in [6, 6.07) is 13.9. The molecule has 2 aromatic carbocycles. The highest BCUT2D eigenvalue weighted by Crippen LogP contribution is 2.30. The van der Waals surface area contributed by atoms with Gasteiger partial charge in [0.2, 0.25) is 5.95 Å². The highest BCUT2D eigenvalue weighted by molar-refractivity contribution is 6.30. The summed E-state index contributed by atoms with van der Waals surface area (Å²) in [4.78, 5) is 13.5. The van der Waals surface area contributed by atoms with E-state index in [-0.39, 0.29) is 5.82 Å². The Bertz CT molecular complexity index is 1110. The number of benzene rings is 2. The van der Waals surface area contributed by atoms with Crippen molar-refractivity contribution in [3.63, 3.8) is 0 Å². The normalized spacial score (nSPS) is 10.8. The molecule has 0 fully saturated rings. The van der Waals surface area contributed by atoms with E-state index in [1.807, 2.05) is 48.1 Å². The number of nitrogens with one attached hydrogen (secondary N) is 1. The summed E-state index contributed by atoms with van der Waals surface area (Å²) in [5.41, 5.74) is 3.30. The Morgan fingerprint density at radius 2 is 1.93 bits per heavy atom. The van der Waals surface area contributed by atoms with Crippen LogP contribution in [0.15, 0.2) is 67.1 Å². The summed E-state index contributed by atoms with van der Waals surface area (Å²) in [6.07, 6.45) is 5.35. The lowest BCUT2D eigenvalue weighted by Gasteiger charge is -2.12. The van der Waals surface area contributed by atoms with Gasteiger partial charge in [-0.1, -0.05) is 35.9 Å². The third-order valence-corrected chi connectivity index (χ3v) is 4.57. The smallest absolute Gasteiger partial charge is 0.223 e.